The summed E-state index contributed by atoms with van der Waals surface area (Å²) in [5.74, 6) is -0.0609. The quantitative estimate of drug-likeness (QED) is 0.610. The predicted octanol–water partition coefficient (Wildman–Crippen LogP) is 3.57. The van der Waals surface area contributed by atoms with Crippen molar-refractivity contribution >= 4 is 34.3 Å². The molecule has 0 fully saturated rings. The first kappa shape index (κ1) is 20.0. The summed E-state index contributed by atoms with van der Waals surface area (Å²) in [4.78, 5) is 29.1. The summed E-state index contributed by atoms with van der Waals surface area (Å²) in [5, 5.41) is 4.71. The summed E-state index contributed by atoms with van der Waals surface area (Å²) in [7, 11) is 0. The Morgan fingerprint density at radius 1 is 1.07 bits per heavy atom. The zero-order valence-electron chi connectivity index (χ0n) is 15.9. The molecule has 146 valence electrons. The fourth-order valence-corrected chi connectivity index (χ4v) is 3.33. The van der Waals surface area contributed by atoms with Crippen LogP contribution in [0.15, 0.2) is 54.7 Å². The molecule has 1 heterocycles. The first-order chi connectivity index (χ1) is 13.5. The van der Waals surface area contributed by atoms with Crippen molar-refractivity contribution < 1.29 is 9.59 Å². The lowest BCUT2D eigenvalue weighted by Crippen LogP contribution is -2.39. The molecular weight excluding hydrogens is 374 g/mol. The van der Waals surface area contributed by atoms with E-state index >= 15 is 0 Å². The van der Waals surface area contributed by atoms with Crippen molar-refractivity contribution in [3.8, 4) is 0 Å². The number of hydrogen-bond acceptors (Lipinski definition) is 2. The molecule has 3 rings (SSSR count). The highest BCUT2D eigenvalue weighted by Gasteiger charge is 2.11. The molecule has 3 aromatic rings. The van der Waals surface area contributed by atoms with Crippen LogP contribution in [0, 0.1) is 0 Å². The first-order valence-electron chi connectivity index (χ1n) is 9.34. The Kier molecular flexibility index (Phi) is 6.71. The van der Waals surface area contributed by atoms with Crippen LogP contribution in [-0.2, 0) is 22.4 Å². The minimum atomic E-state index is -0.0672. The number of nitrogens with one attached hydrogen (secondary N) is 2. The third-order valence-corrected chi connectivity index (χ3v) is 5.01. The number of carbonyl (C=O) groups excluding carboxylic acids is 2. The summed E-state index contributed by atoms with van der Waals surface area (Å²) in [5.41, 5.74) is 3.19. The zero-order valence-corrected chi connectivity index (χ0v) is 16.6. The lowest BCUT2D eigenvalue weighted by atomic mass is 10.1. The second-order valence-corrected chi connectivity index (χ2v) is 7.21. The molecule has 6 heteroatoms. The van der Waals surface area contributed by atoms with E-state index in [1.54, 1.807) is 24.0 Å². The molecule has 2 N–H and O–H groups in total. The van der Waals surface area contributed by atoms with Crippen LogP contribution in [-0.4, -0.2) is 41.3 Å². The second kappa shape index (κ2) is 9.42. The van der Waals surface area contributed by atoms with E-state index < -0.39 is 0 Å². The molecule has 28 heavy (non-hydrogen) atoms. The van der Waals surface area contributed by atoms with E-state index in [1.807, 2.05) is 36.5 Å². The standard InChI is InChI=1S/C22H24ClN3O2/c1-16(27)26(12-10-18-15-25-21-5-3-2-4-20(18)21)13-11-24-22(28)14-17-6-8-19(23)9-7-17/h2-9,15,25H,10-14H2,1H3,(H,24,28). The number of hydrogen-bond donors (Lipinski definition) is 2. The minimum absolute atomic E-state index is 0.00629. The highest BCUT2D eigenvalue weighted by Crippen LogP contribution is 2.18. The smallest absolute Gasteiger partial charge is 0.224 e. The Labute approximate surface area is 169 Å². The lowest BCUT2D eigenvalue weighted by Gasteiger charge is -2.21. The number of amides is 2. The van der Waals surface area contributed by atoms with Crippen LogP contribution in [0.3, 0.4) is 0 Å². The fraction of sp³-hybridized carbons (Fsp3) is 0.273. The van der Waals surface area contributed by atoms with Crippen LogP contribution in [0.2, 0.25) is 5.02 Å². The van der Waals surface area contributed by atoms with E-state index in [2.05, 4.69) is 16.4 Å². The molecule has 0 unspecified atom stereocenters. The number of benzene rings is 2. The summed E-state index contributed by atoms with van der Waals surface area (Å²) in [6.07, 6.45) is 3.06. The number of para-hydroxylation sites is 1. The molecule has 2 amide bonds. The summed E-state index contributed by atoms with van der Waals surface area (Å²) >= 11 is 5.86. The average Bonchev–Trinajstić information content (AvgIpc) is 3.09. The van der Waals surface area contributed by atoms with E-state index in [4.69, 9.17) is 11.6 Å². The largest absolute Gasteiger partial charge is 0.361 e. The molecular formula is C22H24ClN3O2. The molecule has 0 atom stereocenters. The maximum Gasteiger partial charge on any atom is 0.224 e. The van der Waals surface area contributed by atoms with Gasteiger partial charge < -0.3 is 15.2 Å². The molecule has 5 nitrogen and oxygen atoms in total. The lowest BCUT2D eigenvalue weighted by molar-refractivity contribution is -0.129. The van der Waals surface area contributed by atoms with Gasteiger partial charge in [0.25, 0.3) is 0 Å². The Bertz CT molecular complexity index is 950. The third kappa shape index (κ3) is 5.36. The van der Waals surface area contributed by atoms with Gasteiger partial charge in [-0.05, 0) is 35.7 Å². The van der Waals surface area contributed by atoms with E-state index in [0.717, 1.165) is 17.5 Å². The number of halogens is 1. The third-order valence-electron chi connectivity index (χ3n) is 4.75. The molecule has 1 aromatic heterocycles. The van der Waals surface area contributed by atoms with Gasteiger partial charge in [0.2, 0.25) is 11.8 Å². The van der Waals surface area contributed by atoms with Crippen molar-refractivity contribution in [2.24, 2.45) is 0 Å². The first-order valence-corrected chi connectivity index (χ1v) is 9.72. The Morgan fingerprint density at radius 3 is 2.57 bits per heavy atom. The minimum Gasteiger partial charge on any atom is -0.361 e. The molecule has 0 saturated carbocycles. The topological polar surface area (TPSA) is 65.2 Å². The number of H-pyrrole nitrogens is 1. The van der Waals surface area contributed by atoms with Crippen LogP contribution < -0.4 is 5.32 Å². The van der Waals surface area contributed by atoms with E-state index in [-0.39, 0.29) is 11.8 Å². The average molecular weight is 398 g/mol. The van der Waals surface area contributed by atoms with Crippen LogP contribution in [0.4, 0.5) is 0 Å². The van der Waals surface area contributed by atoms with Crippen molar-refractivity contribution in [3.63, 3.8) is 0 Å². The monoisotopic (exact) mass is 397 g/mol. The molecule has 0 aliphatic carbocycles. The maximum absolute atomic E-state index is 12.1. The van der Waals surface area contributed by atoms with E-state index in [0.29, 0.717) is 31.1 Å². The van der Waals surface area contributed by atoms with Crippen molar-refractivity contribution in [1.29, 1.82) is 0 Å². The van der Waals surface area contributed by atoms with Gasteiger partial charge in [0.15, 0.2) is 0 Å². The van der Waals surface area contributed by atoms with Gasteiger partial charge in [-0.2, -0.15) is 0 Å². The molecule has 0 aliphatic heterocycles. The van der Waals surface area contributed by atoms with Crippen molar-refractivity contribution in [1.82, 2.24) is 15.2 Å². The van der Waals surface area contributed by atoms with Gasteiger partial charge in [-0.1, -0.05) is 41.9 Å². The highest BCUT2D eigenvalue weighted by molar-refractivity contribution is 6.30. The molecule has 0 spiro atoms. The van der Waals surface area contributed by atoms with E-state index in [1.165, 1.54) is 10.9 Å². The predicted molar refractivity (Wildman–Crippen MR) is 112 cm³/mol. The van der Waals surface area contributed by atoms with Crippen LogP contribution >= 0.6 is 11.6 Å². The van der Waals surface area contributed by atoms with Gasteiger partial charge in [-0.15, -0.1) is 0 Å². The number of aromatic amines is 1. The van der Waals surface area contributed by atoms with Crippen LogP contribution in [0.25, 0.3) is 10.9 Å². The van der Waals surface area contributed by atoms with Crippen molar-refractivity contribution in [2.45, 2.75) is 19.8 Å². The maximum atomic E-state index is 12.1. The van der Waals surface area contributed by atoms with E-state index in [9.17, 15) is 9.59 Å². The summed E-state index contributed by atoms with van der Waals surface area (Å²) in [6, 6.07) is 15.3. The molecule has 0 saturated heterocycles. The zero-order chi connectivity index (χ0) is 19.9. The van der Waals surface area contributed by atoms with Crippen molar-refractivity contribution in [2.75, 3.05) is 19.6 Å². The summed E-state index contributed by atoms with van der Waals surface area (Å²) in [6.45, 7) is 3.10. The van der Waals surface area contributed by atoms with Crippen molar-refractivity contribution in [3.05, 3.63) is 70.9 Å². The molecule has 0 radical (unpaired) electrons. The normalized spacial score (nSPS) is 10.8. The van der Waals surface area contributed by atoms with Gasteiger partial charge in [0, 0.05) is 48.7 Å². The summed E-state index contributed by atoms with van der Waals surface area (Å²) < 4.78 is 0. The second-order valence-electron chi connectivity index (χ2n) is 6.77. The van der Waals surface area contributed by atoms with Crippen LogP contribution in [0.1, 0.15) is 18.1 Å². The number of nitrogens with zero attached hydrogens (tertiary/aromatic N) is 1. The van der Waals surface area contributed by atoms with Gasteiger partial charge >= 0.3 is 0 Å². The Hall–Kier alpha value is -2.79. The SMILES string of the molecule is CC(=O)N(CCNC(=O)Cc1ccc(Cl)cc1)CCc1c[nH]c2ccccc12. The Morgan fingerprint density at radius 2 is 1.82 bits per heavy atom. The van der Waals surface area contributed by atoms with Gasteiger partial charge in [0.05, 0.1) is 6.42 Å². The number of rotatable bonds is 8. The van der Waals surface area contributed by atoms with Gasteiger partial charge in [-0.3, -0.25) is 9.59 Å². The molecule has 0 aliphatic rings. The van der Waals surface area contributed by atoms with Gasteiger partial charge in [-0.25, -0.2) is 0 Å². The fourth-order valence-electron chi connectivity index (χ4n) is 3.20. The highest BCUT2D eigenvalue weighted by atomic mass is 35.5. The van der Waals surface area contributed by atoms with Crippen LogP contribution in [0.5, 0.6) is 0 Å². The molecule has 0 bridgehead atoms. The number of aromatic nitrogens is 1. The number of fused-ring (bicyclic) bond motifs is 1. The Balaban J connectivity index is 1.47. The number of carbonyl (C=O) groups is 2. The molecule has 2 aromatic carbocycles. The van der Waals surface area contributed by atoms with Gasteiger partial charge in [0.1, 0.15) is 0 Å².